The highest BCUT2D eigenvalue weighted by Crippen LogP contribution is 2.34. The van der Waals surface area contributed by atoms with Gasteiger partial charge in [-0.15, -0.1) is 0 Å². The maximum absolute atomic E-state index is 12.5. The molecule has 2 aromatic carbocycles. The molecule has 1 fully saturated rings. The molecule has 0 saturated heterocycles. The van der Waals surface area contributed by atoms with E-state index in [1.165, 1.54) is 5.56 Å². The lowest BCUT2D eigenvalue weighted by molar-refractivity contribution is -0.122. The maximum Gasteiger partial charge on any atom is 0.223 e. The Kier molecular flexibility index (Phi) is 5.12. The third kappa shape index (κ3) is 3.87. The number of benzene rings is 2. The van der Waals surface area contributed by atoms with Gasteiger partial charge in [-0.1, -0.05) is 50.2 Å². The zero-order valence-electron chi connectivity index (χ0n) is 15.5. The molecule has 2 aromatic rings. The first-order valence-corrected chi connectivity index (χ1v) is 9.05. The second kappa shape index (κ2) is 7.30. The molecule has 0 spiro atoms. The van der Waals surface area contributed by atoms with Crippen LogP contribution in [0.15, 0.2) is 42.5 Å². The molecule has 1 amide bonds. The van der Waals surface area contributed by atoms with Gasteiger partial charge < -0.3 is 10.1 Å². The van der Waals surface area contributed by atoms with E-state index >= 15 is 0 Å². The molecular weight excluding hydrogens is 310 g/mol. The lowest BCUT2D eigenvalue weighted by Crippen LogP contribution is -2.31. The average molecular weight is 337 g/mol. The summed E-state index contributed by atoms with van der Waals surface area (Å²) in [6.45, 7) is 6.42. The average Bonchev–Trinajstić information content (AvgIpc) is 3.45. The van der Waals surface area contributed by atoms with Crippen LogP contribution >= 0.6 is 0 Å². The van der Waals surface area contributed by atoms with Gasteiger partial charge in [0.15, 0.2) is 0 Å². The number of carbonyl (C=O) groups excluding carboxylic acids is 1. The third-order valence-corrected chi connectivity index (χ3v) is 5.03. The van der Waals surface area contributed by atoms with Crippen LogP contribution in [-0.2, 0) is 4.79 Å². The standard InChI is InChI=1S/C22H27NO2/c1-14(2)16-8-10-17(11-9-16)21(23-22(24)18-12-13-18)19-6-5-7-20(25-4)15(19)3/h5-11,14,18,21H,12-13H2,1-4H3,(H,23,24). The third-order valence-electron chi connectivity index (χ3n) is 5.03. The minimum atomic E-state index is -0.149. The summed E-state index contributed by atoms with van der Waals surface area (Å²) in [5.41, 5.74) is 4.57. The Hall–Kier alpha value is -2.29. The normalized spacial score (nSPS) is 15.1. The van der Waals surface area contributed by atoms with E-state index in [9.17, 15) is 4.79 Å². The molecule has 1 saturated carbocycles. The molecule has 0 aliphatic heterocycles. The molecule has 0 heterocycles. The first-order chi connectivity index (χ1) is 12.0. The van der Waals surface area contributed by atoms with Crippen molar-refractivity contribution in [1.82, 2.24) is 5.32 Å². The zero-order chi connectivity index (χ0) is 18.0. The second-order valence-corrected chi connectivity index (χ2v) is 7.21. The molecule has 1 atom stereocenters. The van der Waals surface area contributed by atoms with Crippen LogP contribution < -0.4 is 10.1 Å². The second-order valence-electron chi connectivity index (χ2n) is 7.21. The van der Waals surface area contributed by atoms with Gasteiger partial charge in [0.1, 0.15) is 5.75 Å². The van der Waals surface area contributed by atoms with Crippen molar-refractivity contribution in [3.8, 4) is 5.75 Å². The summed E-state index contributed by atoms with van der Waals surface area (Å²) >= 11 is 0. The van der Waals surface area contributed by atoms with E-state index in [0.717, 1.165) is 35.3 Å². The summed E-state index contributed by atoms with van der Waals surface area (Å²) in [5.74, 6) is 1.68. The molecule has 25 heavy (non-hydrogen) atoms. The summed E-state index contributed by atoms with van der Waals surface area (Å²) in [6, 6.07) is 14.5. The van der Waals surface area contributed by atoms with Crippen molar-refractivity contribution in [2.45, 2.75) is 45.6 Å². The zero-order valence-corrected chi connectivity index (χ0v) is 15.5. The fourth-order valence-corrected chi connectivity index (χ4v) is 3.18. The number of rotatable bonds is 6. The smallest absolute Gasteiger partial charge is 0.223 e. The SMILES string of the molecule is COc1cccc(C(NC(=O)C2CC2)c2ccc(C(C)C)cc2)c1C. The number of methoxy groups -OCH3 is 1. The Labute approximate surface area is 150 Å². The molecule has 3 heteroatoms. The molecule has 3 nitrogen and oxygen atoms in total. The highest BCUT2D eigenvalue weighted by molar-refractivity contribution is 5.81. The van der Waals surface area contributed by atoms with E-state index < -0.39 is 0 Å². The van der Waals surface area contributed by atoms with Gasteiger partial charge in [0.2, 0.25) is 5.91 Å². The van der Waals surface area contributed by atoms with Gasteiger partial charge in [0.05, 0.1) is 13.2 Å². The predicted octanol–water partition coefficient (Wildman–Crippen LogP) is 4.74. The highest BCUT2D eigenvalue weighted by atomic mass is 16.5. The predicted molar refractivity (Wildman–Crippen MR) is 101 cm³/mol. The number of ether oxygens (including phenoxy) is 1. The van der Waals surface area contributed by atoms with Crippen LogP contribution in [-0.4, -0.2) is 13.0 Å². The van der Waals surface area contributed by atoms with Crippen molar-refractivity contribution in [1.29, 1.82) is 0 Å². The van der Waals surface area contributed by atoms with Gasteiger partial charge in [0.25, 0.3) is 0 Å². The number of hydrogen-bond acceptors (Lipinski definition) is 2. The quantitative estimate of drug-likeness (QED) is 0.826. The van der Waals surface area contributed by atoms with Crippen LogP contribution in [0.1, 0.15) is 60.9 Å². The Morgan fingerprint density at radius 3 is 2.28 bits per heavy atom. The molecule has 0 bridgehead atoms. The summed E-state index contributed by atoms with van der Waals surface area (Å²) in [6.07, 6.45) is 2.00. The Morgan fingerprint density at radius 2 is 1.72 bits per heavy atom. The molecular formula is C22H27NO2. The Bertz CT molecular complexity index is 745. The number of hydrogen-bond donors (Lipinski definition) is 1. The fourth-order valence-electron chi connectivity index (χ4n) is 3.18. The first-order valence-electron chi connectivity index (χ1n) is 9.05. The Morgan fingerprint density at radius 1 is 1.08 bits per heavy atom. The maximum atomic E-state index is 12.5. The van der Waals surface area contributed by atoms with Gasteiger partial charge in [0, 0.05) is 5.92 Å². The summed E-state index contributed by atoms with van der Waals surface area (Å²) in [5, 5.41) is 3.26. The molecule has 1 unspecified atom stereocenters. The number of amides is 1. The van der Waals surface area contributed by atoms with Gasteiger partial charge in [-0.05, 0) is 54.0 Å². The van der Waals surface area contributed by atoms with E-state index in [-0.39, 0.29) is 17.9 Å². The number of nitrogens with one attached hydrogen (secondary N) is 1. The van der Waals surface area contributed by atoms with E-state index in [2.05, 4.69) is 49.5 Å². The van der Waals surface area contributed by atoms with Gasteiger partial charge in [-0.2, -0.15) is 0 Å². The first kappa shape index (κ1) is 17.5. The molecule has 1 N–H and O–H groups in total. The minimum Gasteiger partial charge on any atom is -0.496 e. The van der Waals surface area contributed by atoms with E-state index in [0.29, 0.717) is 5.92 Å². The van der Waals surface area contributed by atoms with Gasteiger partial charge in [-0.25, -0.2) is 0 Å². The van der Waals surface area contributed by atoms with Crippen LogP contribution in [0.2, 0.25) is 0 Å². The Balaban J connectivity index is 1.98. The van der Waals surface area contributed by atoms with E-state index in [1.54, 1.807) is 7.11 Å². The molecule has 0 radical (unpaired) electrons. The van der Waals surface area contributed by atoms with Crippen molar-refractivity contribution in [3.63, 3.8) is 0 Å². The highest BCUT2D eigenvalue weighted by Gasteiger charge is 2.32. The van der Waals surface area contributed by atoms with Crippen molar-refractivity contribution < 1.29 is 9.53 Å². The topological polar surface area (TPSA) is 38.3 Å². The summed E-state index contributed by atoms with van der Waals surface area (Å²) in [4.78, 5) is 12.5. The fraction of sp³-hybridized carbons (Fsp3) is 0.409. The van der Waals surface area contributed by atoms with Gasteiger partial charge >= 0.3 is 0 Å². The van der Waals surface area contributed by atoms with Crippen molar-refractivity contribution in [2.75, 3.05) is 7.11 Å². The molecule has 3 rings (SSSR count). The van der Waals surface area contributed by atoms with Crippen molar-refractivity contribution >= 4 is 5.91 Å². The van der Waals surface area contributed by atoms with Crippen molar-refractivity contribution in [2.24, 2.45) is 5.92 Å². The largest absolute Gasteiger partial charge is 0.496 e. The minimum absolute atomic E-state index is 0.149. The van der Waals surface area contributed by atoms with Crippen LogP contribution in [0, 0.1) is 12.8 Å². The lowest BCUT2D eigenvalue weighted by Gasteiger charge is -2.23. The van der Waals surface area contributed by atoms with Crippen LogP contribution in [0.5, 0.6) is 5.75 Å². The molecule has 1 aliphatic rings. The van der Waals surface area contributed by atoms with Crippen LogP contribution in [0.3, 0.4) is 0 Å². The molecule has 132 valence electrons. The van der Waals surface area contributed by atoms with Crippen molar-refractivity contribution in [3.05, 3.63) is 64.7 Å². The molecule has 0 aromatic heterocycles. The van der Waals surface area contributed by atoms with Crippen LogP contribution in [0.4, 0.5) is 0 Å². The van der Waals surface area contributed by atoms with Crippen LogP contribution in [0.25, 0.3) is 0 Å². The number of carbonyl (C=O) groups is 1. The lowest BCUT2D eigenvalue weighted by atomic mass is 9.92. The summed E-state index contributed by atoms with van der Waals surface area (Å²) < 4.78 is 5.47. The molecule has 1 aliphatic carbocycles. The van der Waals surface area contributed by atoms with Gasteiger partial charge in [-0.3, -0.25) is 4.79 Å². The van der Waals surface area contributed by atoms with E-state index in [4.69, 9.17) is 4.74 Å². The monoisotopic (exact) mass is 337 g/mol. The van der Waals surface area contributed by atoms with E-state index in [1.807, 2.05) is 19.1 Å². The summed E-state index contributed by atoms with van der Waals surface area (Å²) in [7, 11) is 1.68.